The van der Waals surface area contributed by atoms with Gasteiger partial charge in [0.25, 0.3) is 0 Å². The lowest BCUT2D eigenvalue weighted by molar-refractivity contribution is -0.0498. The molecule has 6 heteroatoms. The molecule has 1 aromatic carbocycles. The maximum atomic E-state index is 12.0. The highest BCUT2D eigenvalue weighted by atomic mass is 19.3. The van der Waals surface area contributed by atoms with Crippen LogP contribution >= 0.6 is 0 Å². The molecule has 0 aliphatic rings. The molecule has 0 atom stereocenters. The summed E-state index contributed by atoms with van der Waals surface area (Å²) in [6, 6.07) is 9.90. The van der Waals surface area contributed by atoms with E-state index in [9.17, 15) is 8.78 Å². The molecule has 2 rings (SSSR count). The molecule has 1 aromatic heterocycles. The Kier molecular flexibility index (Phi) is 4.22. The molecule has 0 unspecified atom stereocenters. The second kappa shape index (κ2) is 6.08. The average Bonchev–Trinajstić information content (AvgIpc) is 2.40. The molecule has 0 radical (unpaired) electrons. The lowest BCUT2D eigenvalue weighted by Crippen LogP contribution is -2.02. The molecule has 0 saturated carbocycles. The molecule has 1 N–H and O–H groups in total. The fraction of sp³-hybridized carbons (Fsp3) is 0.231. The predicted octanol–water partition coefficient (Wildman–Crippen LogP) is 3.18. The first-order valence-corrected chi connectivity index (χ1v) is 5.82. The van der Waals surface area contributed by atoms with Crippen molar-refractivity contribution in [1.82, 2.24) is 10.2 Å². The number of halogens is 2. The van der Waals surface area contributed by atoms with Gasteiger partial charge >= 0.3 is 6.61 Å². The zero-order chi connectivity index (χ0) is 13.7. The van der Waals surface area contributed by atoms with Gasteiger partial charge in [-0.25, -0.2) is 0 Å². The predicted molar refractivity (Wildman–Crippen MR) is 68.3 cm³/mol. The summed E-state index contributed by atoms with van der Waals surface area (Å²) in [6.07, 6.45) is 0. The Morgan fingerprint density at radius 3 is 2.37 bits per heavy atom. The maximum Gasteiger partial charge on any atom is 0.387 e. The summed E-state index contributed by atoms with van der Waals surface area (Å²) in [5, 5.41) is 11.1. The first kappa shape index (κ1) is 13.2. The Bertz CT molecular complexity index is 514. The molecule has 0 aliphatic heterocycles. The molecule has 0 amide bonds. The van der Waals surface area contributed by atoms with E-state index < -0.39 is 6.61 Å². The number of rotatable bonds is 5. The van der Waals surface area contributed by atoms with Gasteiger partial charge in [-0.3, -0.25) is 0 Å². The van der Waals surface area contributed by atoms with Gasteiger partial charge in [0, 0.05) is 12.1 Å². The van der Waals surface area contributed by atoms with Crippen LogP contribution in [-0.4, -0.2) is 23.4 Å². The van der Waals surface area contributed by atoms with Gasteiger partial charge in [-0.2, -0.15) is 8.78 Å². The number of nitrogens with one attached hydrogen (secondary N) is 1. The standard InChI is InChI=1S/C13H13F2N3O/c1-2-16-12-8-7-11(17-18-12)9-3-5-10(6-4-9)19-13(14)15/h3-8,13H,2H2,1H3,(H,16,18). The minimum absolute atomic E-state index is 0.121. The van der Waals surface area contributed by atoms with Gasteiger partial charge < -0.3 is 10.1 Å². The summed E-state index contributed by atoms with van der Waals surface area (Å²) in [6.45, 7) is -0.0737. The van der Waals surface area contributed by atoms with Crippen LogP contribution < -0.4 is 10.1 Å². The number of benzene rings is 1. The number of ether oxygens (including phenoxy) is 1. The molecule has 0 fully saturated rings. The van der Waals surface area contributed by atoms with Gasteiger partial charge in [0.05, 0.1) is 5.69 Å². The topological polar surface area (TPSA) is 47.0 Å². The van der Waals surface area contributed by atoms with Gasteiger partial charge in [0.2, 0.25) is 0 Å². The Morgan fingerprint density at radius 2 is 1.84 bits per heavy atom. The maximum absolute atomic E-state index is 12.0. The Labute approximate surface area is 109 Å². The molecule has 100 valence electrons. The fourth-order valence-corrected chi connectivity index (χ4v) is 1.57. The fourth-order valence-electron chi connectivity index (χ4n) is 1.57. The summed E-state index contributed by atoms with van der Waals surface area (Å²) >= 11 is 0. The number of aromatic nitrogens is 2. The summed E-state index contributed by atoms with van der Waals surface area (Å²) in [4.78, 5) is 0. The lowest BCUT2D eigenvalue weighted by atomic mass is 10.1. The molecule has 0 spiro atoms. The Morgan fingerprint density at radius 1 is 1.11 bits per heavy atom. The molecular formula is C13H13F2N3O. The lowest BCUT2D eigenvalue weighted by Gasteiger charge is -2.06. The van der Waals surface area contributed by atoms with E-state index in [4.69, 9.17) is 0 Å². The van der Waals surface area contributed by atoms with Crippen LogP contribution in [0.5, 0.6) is 5.75 Å². The van der Waals surface area contributed by atoms with Gasteiger partial charge in [-0.05, 0) is 43.3 Å². The first-order chi connectivity index (χ1) is 9.19. The van der Waals surface area contributed by atoms with Crippen molar-refractivity contribution in [3.8, 4) is 17.0 Å². The van der Waals surface area contributed by atoms with E-state index in [1.807, 2.05) is 19.1 Å². The van der Waals surface area contributed by atoms with E-state index in [0.29, 0.717) is 11.5 Å². The normalized spacial score (nSPS) is 10.5. The van der Waals surface area contributed by atoms with Gasteiger partial charge in [0.15, 0.2) is 0 Å². The Hall–Kier alpha value is -2.24. The third-order valence-electron chi connectivity index (χ3n) is 2.40. The van der Waals surface area contributed by atoms with Crippen molar-refractivity contribution >= 4 is 5.82 Å². The van der Waals surface area contributed by atoms with Crippen LogP contribution in [0, 0.1) is 0 Å². The van der Waals surface area contributed by atoms with Crippen molar-refractivity contribution in [2.24, 2.45) is 0 Å². The average molecular weight is 265 g/mol. The van der Waals surface area contributed by atoms with Gasteiger partial charge in [-0.1, -0.05) is 0 Å². The zero-order valence-corrected chi connectivity index (χ0v) is 10.3. The monoisotopic (exact) mass is 265 g/mol. The van der Waals surface area contributed by atoms with Crippen LogP contribution in [-0.2, 0) is 0 Å². The number of nitrogens with zero attached hydrogens (tertiary/aromatic N) is 2. The third kappa shape index (κ3) is 3.61. The van der Waals surface area contributed by atoms with Crippen molar-refractivity contribution in [2.45, 2.75) is 13.5 Å². The minimum Gasteiger partial charge on any atom is -0.435 e. The van der Waals surface area contributed by atoms with E-state index >= 15 is 0 Å². The van der Waals surface area contributed by atoms with Crippen LogP contribution in [0.3, 0.4) is 0 Å². The minimum atomic E-state index is -2.81. The summed E-state index contributed by atoms with van der Waals surface area (Å²) in [7, 11) is 0. The molecule has 4 nitrogen and oxygen atoms in total. The molecular weight excluding hydrogens is 252 g/mol. The molecule has 2 aromatic rings. The van der Waals surface area contributed by atoms with Crippen molar-refractivity contribution < 1.29 is 13.5 Å². The van der Waals surface area contributed by atoms with Crippen molar-refractivity contribution in [3.05, 3.63) is 36.4 Å². The van der Waals surface area contributed by atoms with Gasteiger partial charge in [0.1, 0.15) is 11.6 Å². The zero-order valence-electron chi connectivity index (χ0n) is 10.3. The smallest absolute Gasteiger partial charge is 0.387 e. The molecule has 19 heavy (non-hydrogen) atoms. The molecule has 0 bridgehead atoms. The van der Waals surface area contributed by atoms with Crippen molar-refractivity contribution in [3.63, 3.8) is 0 Å². The highest BCUT2D eigenvalue weighted by molar-refractivity contribution is 5.60. The highest BCUT2D eigenvalue weighted by Crippen LogP contribution is 2.21. The van der Waals surface area contributed by atoms with Crippen molar-refractivity contribution in [1.29, 1.82) is 0 Å². The van der Waals surface area contributed by atoms with Crippen molar-refractivity contribution in [2.75, 3.05) is 11.9 Å². The van der Waals surface area contributed by atoms with Crippen LogP contribution in [0.1, 0.15) is 6.92 Å². The summed E-state index contributed by atoms with van der Waals surface area (Å²) in [5.41, 5.74) is 1.46. The number of alkyl halides is 2. The number of hydrogen-bond donors (Lipinski definition) is 1. The van der Waals surface area contributed by atoms with E-state index in [2.05, 4.69) is 20.3 Å². The largest absolute Gasteiger partial charge is 0.435 e. The highest BCUT2D eigenvalue weighted by Gasteiger charge is 2.05. The van der Waals surface area contributed by atoms with Crippen LogP contribution in [0.2, 0.25) is 0 Å². The third-order valence-corrected chi connectivity index (χ3v) is 2.40. The molecule has 0 aliphatic carbocycles. The number of hydrogen-bond acceptors (Lipinski definition) is 4. The summed E-state index contributed by atoms with van der Waals surface area (Å²) < 4.78 is 28.3. The van der Waals surface area contributed by atoms with E-state index in [1.54, 1.807) is 12.1 Å². The second-order valence-corrected chi connectivity index (χ2v) is 3.74. The van der Waals surface area contributed by atoms with Gasteiger partial charge in [-0.15, -0.1) is 10.2 Å². The quantitative estimate of drug-likeness (QED) is 0.902. The van der Waals surface area contributed by atoms with E-state index in [1.165, 1.54) is 12.1 Å². The Balaban J connectivity index is 2.13. The SMILES string of the molecule is CCNc1ccc(-c2ccc(OC(F)F)cc2)nn1. The molecule has 1 heterocycles. The first-order valence-electron chi connectivity index (χ1n) is 5.82. The van der Waals surface area contributed by atoms with Crippen LogP contribution in [0.25, 0.3) is 11.3 Å². The number of anilines is 1. The summed E-state index contributed by atoms with van der Waals surface area (Å²) in [5.74, 6) is 0.819. The second-order valence-electron chi connectivity index (χ2n) is 3.74. The van der Waals surface area contributed by atoms with E-state index in [-0.39, 0.29) is 5.75 Å². The van der Waals surface area contributed by atoms with Crippen LogP contribution in [0.4, 0.5) is 14.6 Å². The molecule has 0 saturated heterocycles. The van der Waals surface area contributed by atoms with E-state index in [0.717, 1.165) is 12.1 Å². The van der Waals surface area contributed by atoms with Crippen LogP contribution in [0.15, 0.2) is 36.4 Å².